The number of aromatic nitrogens is 2. The van der Waals surface area contributed by atoms with Gasteiger partial charge in [-0.1, -0.05) is 18.2 Å². The van der Waals surface area contributed by atoms with E-state index in [0.29, 0.717) is 11.8 Å². The van der Waals surface area contributed by atoms with Gasteiger partial charge in [0.2, 0.25) is 5.95 Å². The van der Waals surface area contributed by atoms with Gasteiger partial charge in [-0.05, 0) is 39.7 Å². The Hall–Kier alpha value is -2.74. The molecule has 8 heteroatoms. The molecule has 1 aromatic carbocycles. The van der Waals surface area contributed by atoms with Crippen LogP contribution in [0.3, 0.4) is 0 Å². The van der Waals surface area contributed by atoms with Crippen molar-refractivity contribution in [3.05, 3.63) is 64.7 Å². The normalized spacial score (nSPS) is 24.6. The summed E-state index contributed by atoms with van der Waals surface area (Å²) < 4.78 is 14.6. The molecule has 0 radical (unpaired) electrons. The van der Waals surface area contributed by atoms with Gasteiger partial charge in [0.1, 0.15) is 5.82 Å². The van der Waals surface area contributed by atoms with Crippen LogP contribution in [0.25, 0.3) is 5.57 Å². The molecule has 3 atom stereocenters. The molecular weight excluding hydrogens is 463 g/mol. The number of aliphatic carboxylic acids is 1. The molecule has 1 aliphatic carbocycles. The van der Waals surface area contributed by atoms with Crippen molar-refractivity contribution in [2.24, 2.45) is 17.8 Å². The van der Waals surface area contributed by atoms with E-state index >= 15 is 0 Å². The summed E-state index contributed by atoms with van der Waals surface area (Å²) in [6.07, 6.45) is 9.51. The van der Waals surface area contributed by atoms with Crippen molar-refractivity contribution < 1.29 is 14.3 Å². The third-order valence-electron chi connectivity index (χ3n) is 6.32. The van der Waals surface area contributed by atoms with E-state index in [2.05, 4.69) is 35.7 Å². The number of carboxylic acid groups (broad SMARTS) is 1. The van der Waals surface area contributed by atoms with Crippen molar-refractivity contribution >= 4 is 39.1 Å². The van der Waals surface area contributed by atoms with E-state index in [1.807, 2.05) is 30.6 Å². The number of rotatable bonds is 5. The summed E-state index contributed by atoms with van der Waals surface area (Å²) in [5.41, 5.74) is 2.78. The first kappa shape index (κ1) is 20.2. The van der Waals surface area contributed by atoms with Crippen LogP contribution in [-0.2, 0) is 4.79 Å². The lowest BCUT2D eigenvalue weighted by atomic mass is 10.0. The van der Waals surface area contributed by atoms with Gasteiger partial charge in [0, 0.05) is 66.4 Å². The van der Waals surface area contributed by atoms with Gasteiger partial charge < -0.3 is 14.9 Å². The van der Waals surface area contributed by atoms with Gasteiger partial charge in [0.25, 0.3) is 0 Å². The van der Waals surface area contributed by atoms with Gasteiger partial charge in [-0.25, -0.2) is 14.4 Å². The molecule has 2 fully saturated rings. The summed E-state index contributed by atoms with van der Waals surface area (Å²) in [7, 11) is 0. The van der Waals surface area contributed by atoms with Crippen molar-refractivity contribution in [1.82, 2.24) is 9.97 Å². The highest BCUT2D eigenvalue weighted by Gasteiger charge is 2.41. The van der Waals surface area contributed by atoms with E-state index in [9.17, 15) is 9.18 Å². The van der Waals surface area contributed by atoms with Crippen LogP contribution in [-0.4, -0.2) is 47.2 Å². The zero-order valence-electron chi connectivity index (χ0n) is 16.8. The summed E-state index contributed by atoms with van der Waals surface area (Å²) in [5.74, 6) is 0.618. The lowest BCUT2D eigenvalue weighted by Crippen LogP contribution is -2.29. The number of anilines is 2. The van der Waals surface area contributed by atoms with E-state index in [1.165, 1.54) is 6.07 Å². The highest BCUT2D eigenvalue weighted by molar-refractivity contribution is 9.10. The quantitative estimate of drug-likeness (QED) is 0.691. The molecule has 2 aliphatic heterocycles. The number of fused-ring (bicyclic) bond motifs is 1. The molecule has 6 nitrogen and oxygen atoms in total. The van der Waals surface area contributed by atoms with Crippen molar-refractivity contribution in [3.8, 4) is 0 Å². The van der Waals surface area contributed by atoms with Crippen LogP contribution < -0.4 is 9.80 Å². The van der Waals surface area contributed by atoms with Crippen LogP contribution in [0.2, 0.25) is 0 Å². The van der Waals surface area contributed by atoms with Crippen molar-refractivity contribution in [2.75, 3.05) is 36.0 Å². The third kappa shape index (κ3) is 4.08. The molecule has 0 bridgehead atoms. The lowest BCUT2D eigenvalue weighted by molar-refractivity contribution is -0.137. The standard InChI is InChI=1S/C23H22BrFN4O2/c24-20-4-3-19(25)7-21(20)28-10-17-12-29(13-18(17)11-28)23-26-8-16(9-27-23)15-2-1-14(5-15)6-22(30)31/h1-5,7-9,14,17-18H,6,10-13H2,(H,30,31). The topological polar surface area (TPSA) is 69.6 Å². The summed E-state index contributed by atoms with van der Waals surface area (Å²) in [5, 5.41) is 8.95. The first-order valence-electron chi connectivity index (χ1n) is 10.4. The molecule has 2 saturated heterocycles. The fourth-order valence-corrected chi connectivity index (χ4v) is 5.30. The van der Waals surface area contributed by atoms with Gasteiger partial charge in [0.15, 0.2) is 0 Å². The maximum atomic E-state index is 13.7. The Labute approximate surface area is 188 Å². The molecule has 160 valence electrons. The van der Waals surface area contributed by atoms with Crippen LogP contribution in [0.1, 0.15) is 12.0 Å². The molecule has 0 amide bonds. The smallest absolute Gasteiger partial charge is 0.304 e. The predicted octanol–water partition coefficient (Wildman–Crippen LogP) is 3.99. The third-order valence-corrected chi connectivity index (χ3v) is 6.99. The SMILES string of the molecule is O=C(O)CC1C=CC(c2cnc(N3CC4CN(c5cc(F)ccc5Br)CC4C3)nc2)=C1. The fraction of sp³-hybridized carbons (Fsp3) is 0.348. The highest BCUT2D eigenvalue weighted by atomic mass is 79.9. The average molecular weight is 485 g/mol. The summed E-state index contributed by atoms with van der Waals surface area (Å²) >= 11 is 3.54. The second kappa shape index (κ2) is 8.07. The molecule has 5 rings (SSSR count). The van der Waals surface area contributed by atoms with E-state index in [1.54, 1.807) is 12.1 Å². The molecule has 3 aliphatic rings. The minimum atomic E-state index is -0.804. The first-order valence-corrected chi connectivity index (χ1v) is 11.1. The minimum absolute atomic E-state index is 0.0776. The Kier molecular flexibility index (Phi) is 5.25. The zero-order valence-corrected chi connectivity index (χ0v) is 18.4. The van der Waals surface area contributed by atoms with Gasteiger partial charge in [-0.3, -0.25) is 4.79 Å². The van der Waals surface area contributed by atoms with E-state index in [4.69, 9.17) is 5.11 Å². The second-order valence-electron chi connectivity index (χ2n) is 8.44. The molecular formula is C23H22BrFN4O2. The lowest BCUT2D eigenvalue weighted by Gasteiger charge is -2.24. The molecule has 1 aromatic heterocycles. The van der Waals surface area contributed by atoms with Gasteiger partial charge in [-0.2, -0.15) is 0 Å². The number of hydrogen-bond donors (Lipinski definition) is 1. The highest BCUT2D eigenvalue weighted by Crippen LogP contribution is 2.38. The Balaban J connectivity index is 1.23. The van der Waals surface area contributed by atoms with Gasteiger partial charge in [-0.15, -0.1) is 0 Å². The van der Waals surface area contributed by atoms with Gasteiger partial charge >= 0.3 is 5.97 Å². The Morgan fingerprint density at radius 2 is 1.81 bits per heavy atom. The largest absolute Gasteiger partial charge is 0.481 e. The number of benzene rings is 1. The maximum Gasteiger partial charge on any atom is 0.304 e. The Bertz CT molecular complexity index is 1060. The zero-order chi connectivity index (χ0) is 21.5. The Morgan fingerprint density at radius 3 is 2.48 bits per heavy atom. The predicted molar refractivity (Wildman–Crippen MR) is 120 cm³/mol. The van der Waals surface area contributed by atoms with E-state index in [0.717, 1.165) is 53.4 Å². The fourth-order valence-electron chi connectivity index (χ4n) is 4.80. The summed E-state index contributed by atoms with van der Waals surface area (Å²) in [6, 6.07) is 4.83. The summed E-state index contributed by atoms with van der Waals surface area (Å²) in [4.78, 5) is 24.5. The molecule has 3 heterocycles. The van der Waals surface area contributed by atoms with Crippen molar-refractivity contribution in [3.63, 3.8) is 0 Å². The molecule has 2 aromatic rings. The van der Waals surface area contributed by atoms with Crippen LogP contribution in [0.5, 0.6) is 0 Å². The Morgan fingerprint density at radius 1 is 1.13 bits per heavy atom. The second-order valence-corrected chi connectivity index (χ2v) is 9.29. The molecule has 0 spiro atoms. The molecule has 1 N–H and O–H groups in total. The van der Waals surface area contributed by atoms with Crippen LogP contribution in [0.4, 0.5) is 16.0 Å². The van der Waals surface area contributed by atoms with E-state index in [-0.39, 0.29) is 18.2 Å². The molecule has 0 saturated carbocycles. The van der Waals surface area contributed by atoms with Crippen LogP contribution in [0.15, 0.2) is 53.3 Å². The number of hydrogen-bond acceptors (Lipinski definition) is 5. The van der Waals surface area contributed by atoms with Crippen molar-refractivity contribution in [2.45, 2.75) is 6.42 Å². The minimum Gasteiger partial charge on any atom is -0.481 e. The number of carbonyl (C=O) groups is 1. The molecule has 3 unspecified atom stereocenters. The van der Waals surface area contributed by atoms with Crippen LogP contribution >= 0.6 is 15.9 Å². The summed E-state index contributed by atoms with van der Waals surface area (Å²) in [6.45, 7) is 3.56. The number of nitrogens with zero attached hydrogens (tertiary/aromatic N) is 4. The number of allylic oxidation sites excluding steroid dienone is 4. The van der Waals surface area contributed by atoms with E-state index < -0.39 is 5.97 Å². The average Bonchev–Trinajstić information content (AvgIpc) is 3.44. The maximum absolute atomic E-state index is 13.7. The molecule has 31 heavy (non-hydrogen) atoms. The number of halogens is 2. The van der Waals surface area contributed by atoms with Crippen LogP contribution in [0, 0.1) is 23.6 Å². The van der Waals surface area contributed by atoms with Gasteiger partial charge in [0.05, 0.1) is 12.1 Å². The first-order chi connectivity index (χ1) is 15.0. The number of carboxylic acids is 1. The van der Waals surface area contributed by atoms with Crippen molar-refractivity contribution in [1.29, 1.82) is 0 Å². The monoisotopic (exact) mass is 484 g/mol.